The van der Waals surface area contributed by atoms with Crippen LogP contribution in [-0.2, 0) is 14.3 Å². The number of hydrogen-bond donors (Lipinski definition) is 1. The molecule has 0 aliphatic rings. The van der Waals surface area contributed by atoms with Gasteiger partial charge in [0, 0.05) is 12.1 Å². The van der Waals surface area contributed by atoms with Gasteiger partial charge in [-0.05, 0) is 34.6 Å². The van der Waals surface area contributed by atoms with Gasteiger partial charge in [-0.2, -0.15) is 0 Å². The minimum Gasteiger partial charge on any atom is -0.466 e. The molecule has 0 unspecified atom stereocenters. The molecule has 5 nitrogen and oxygen atoms in total. The van der Waals surface area contributed by atoms with Gasteiger partial charge in [0.15, 0.2) is 0 Å². The molecule has 0 spiro atoms. The Morgan fingerprint density at radius 1 is 1.16 bits per heavy atom. The quantitative estimate of drug-likeness (QED) is 0.484. The topological polar surface area (TPSA) is 64.6 Å². The predicted molar refractivity (Wildman–Crippen MR) is 73.8 cm³/mol. The number of carbonyl (C=O) groups excluding carboxylic acids is 2. The zero-order valence-corrected chi connectivity index (χ0v) is 12.5. The van der Waals surface area contributed by atoms with Gasteiger partial charge in [-0.1, -0.05) is 17.7 Å². The van der Waals surface area contributed by atoms with Crippen LogP contribution in [-0.4, -0.2) is 31.3 Å². The summed E-state index contributed by atoms with van der Waals surface area (Å²) in [5, 5.41) is 2.63. The molecule has 5 heteroatoms. The lowest BCUT2D eigenvalue weighted by Crippen LogP contribution is -2.33. The van der Waals surface area contributed by atoms with Gasteiger partial charge in [-0.15, -0.1) is 0 Å². The first kappa shape index (κ1) is 17.2. The lowest BCUT2D eigenvalue weighted by molar-refractivity contribution is -0.136. The molecule has 0 aliphatic carbocycles. The van der Waals surface area contributed by atoms with Crippen LogP contribution in [0, 0.1) is 0 Å². The number of amides is 1. The first-order valence-electron chi connectivity index (χ1n) is 6.05. The summed E-state index contributed by atoms with van der Waals surface area (Å²) in [4.78, 5) is 22.5. The van der Waals surface area contributed by atoms with E-state index in [2.05, 4.69) is 10.1 Å². The molecule has 0 aromatic carbocycles. The molecule has 0 aliphatic heterocycles. The first-order valence-corrected chi connectivity index (χ1v) is 6.05. The Hall–Kier alpha value is -1.78. The SMILES string of the molecule is COC(=O)/C(C)=C/C=C(\C)CNC(=O)OC(C)(C)C. The molecule has 0 aromatic rings. The van der Waals surface area contributed by atoms with E-state index in [0.29, 0.717) is 12.1 Å². The van der Waals surface area contributed by atoms with E-state index in [1.165, 1.54) is 7.11 Å². The van der Waals surface area contributed by atoms with Gasteiger partial charge in [0.2, 0.25) is 0 Å². The van der Waals surface area contributed by atoms with Gasteiger partial charge >= 0.3 is 12.1 Å². The summed E-state index contributed by atoms with van der Waals surface area (Å²) >= 11 is 0. The standard InChI is InChI=1S/C14H23NO4/c1-10(7-8-11(2)12(16)18-6)9-15-13(17)19-14(3,4)5/h7-8H,9H2,1-6H3,(H,15,17)/b10-7+,11-8+. The second kappa shape index (κ2) is 7.61. The molecule has 19 heavy (non-hydrogen) atoms. The second-order valence-corrected chi connectivity index (χ2v) is 5.21. The van der Waals surface area contributed by atoms with Crippen LogP contribution in [0.1, 0.15) is 34.6 Å². The van der Waals surface area contributed by atoms with Crippen molar-refractivity contribution in [1.82, 2.24) is 5.32 Å². The van der Waals surface area contributed by atoms with Gasteiger partial charge < -0.3 is 14.8 Å². The Labute approximate surface area is 114 Å². The summed E-state index contributed by atoms with van der Waals surface area (Å²) in [5.41, 5.74) is 0.886. The maximum atomic E-state index is 11.4. The molecule has 0 fully saturated rings. The summed E-state index contributed by atoms with van der Waals surface area (Å²) < 4.78 is 9.67. The van der Waals surface area contributed by atoms with Crippen molar-refractivity contribution in [3.05, 3.63) is 23.3 Å². The van der Waals surface area contributed by atoms with Crippen molar-refractivity contribution in [1.29, 1.82) is 0 Å². The Kier molecular flexibility index (Phi) is 6.90. The van der Waals surface area contributed by atoms with Crippen molar-refractivity contribution in [3.8, 4) is 0 Å². The van der Waals surface area contributed by atoms with Crippen molar-refractivity contribution in [2.45, 2.75) is 40.2 Å². The molecule has 0 radical (unpaired) electrons. The maximum absolute atomic E-state index is 11.4. The van der Waals surface area contributed by atoms with Gasteiger partial charge in [-0.25, -0.2) is 9.59 Å². The second-order valence-electron chi connectivity index (χ2n) is 5.21. The molecule has 0 heterocycles. The van der Waals surface area contributed by atoms with E-state index in [9.17, 15) is 9.59 Å². The molecule has 1 N–H and O–H groups in total. The summed E-state index contributed by atoms with van der Waals surface area (Å²) in [6, 6.07) is 0. The van der Waals surface area contributed by atoms with E-state index in [4.69, 9.17) is 4.74 Å². The zero-order valence-electron chi connectivity index (χ0n) is 12.5. The molecule has 0 atom stereocenters. The number of esters is 1. The molecule has 108 valence electrons. The van der Waals surface area contributed by atoms with Crippen LogP contribution in [0.2, 0.25) is 0 Å². The molecule has 0 saturated heterocycles. The van der Waals surface area contributed by atoms with Crippen LogP contribution in [0.15, 0.2) is 23.3 Å². The fraction of sp³-hybridized carbons (Fsp3) is 0.571. The predicted octanol–water partition coefficient (Wildman–Crippen LogP) is 2.58. The smallest absolute Gasteiger partial charge is 0.407 e. The molecule has 0 aromatic heterocycles. The van der Waals surface area contributed by atoms with Crippen molar-refractivity contribution in [2.75, 3.05) is 13.7 Å². The lowest BCUT2D eigenvalue weighted by Gasteiger charge is -2.19. The molecule has 0 saturated carbocycles. The number of allylic oxidation sites excluding steroid dienone is 2. The third-order valence-corrected chi connectivity index (χ3v) is 2.04. The lowest BCUT2D eigenvalue weighted by atomic mass is 10.2. The van der Waals surface area contributed by atoms with Crippen LogP contribution >= 0.6 is 0 Å². The minimum absolute atomic E-state index is 0.361. The van der Waals surface area contributed by atoms with E-state index in [-0.39, 0.29) is 5.97 Å². The monoisotopic (exact) mass is 269 g/mol. The van der Waals surface area contributed by atoms with E-state index < -0.39 is 11.7 Å². The highest BCUT2D eigenvalue weighted by molar-refractivity contribution is 5.87. The average Bonchev–Trinajstić information content (AvgIpc) is 2.30. The summed E-state index contributed by atoms with van der Waals surface area (Å²) in [6.45, 7) is 9.28. The summed E-state index contributed by atoms with van der Waals surface area (Å²) in [7, 11) is 1.33. The number of rotatable bonds is 4. The van der Waals surface area contributed by atoms with E-state index in [1.54, 1.807) is 39.8 Å². The Morgan fingerprint density at radius 2 is 1.74 bits per heavy atom. The number of alkyl carbamates (subject to hydrolysis) is 1. The molecule has 0 bridgehead atoms. The number of methoxy groups -OCH3 is 1. The van der Waals surface area contributed by atoms with Crippen LogP contribution in [0.3, 0.4) is 0 Å². The summed E-state index contributed by atoms with van der Waals surface area (Å²) in [6.07, 6.45) is 2.94. The Morgan fingerprint density at radius 3 is 2.21 bits per heavy atom. The Bertz CT molecular complexity index is 389. The molecular formula is C14H23NO4. The molecular weight excluding hydrogens is 246 g/mol. The zero-order chi connectivity index (χ0) is 15.1. The van der Waals surface area contributed by atoms with Crippen LogP contribution in [0.25, 0.3) is 0 Å². The number of nitrogens with one attached hydrogen (secondary N) is 1. The molecule has 1 amide bonds. The highest BCUT2D eigenvalue weighted by Gasteiger charge is 2.15. The average molecular weight is 269 g/mol. The van der Waals surface area contributed by atoms with Crippen LogP contribution in [0.4, 0.5) is 4.79 Å². The van der Waals surface area contributed by atoms with E-state index in [1.807, 2.05) is 6.92 Å². The van der Waals surface area contributed by atoms with Crippen molar-refractivity contribution in [3.63, 3.8) is 0 Å². The third-order valence-electron chi connectivity index (χ3n) is 2.04. The minimum atomic E-state index is -0.511. The number of carbonyl (C=O) groups is 2. The normalized spacial score (nSPS) is 12.9. The fourth-order valence-electron chi connectivity index (χ4n) is 1.08. The van der Waals surface area contributed by atoms with Gasteiger partial charge in [-0.3, -0.25) is 0 Å². The van der Waals surface area contributed by atoms with E-state index in [0.717, 1.165) is 5.57 Å². The maximum Gasteiger partial charge on any atom is 0.407 e. The van der Waals surface area contributed by atoms with Crippen molar-refractivity contribution >= 4 is 12.1 Å². The van der Waals surface area contributed by atoms with Crippen molar-refractivity contribution < 1.29 is 19.1 Å². The van der Waals surface area contributed by atoms with E-state index >= 15 is 0 Å². The van der Waals surface area contributed by atoms with Gasteiger partial charge in [0.05, 0.1) is 7.11 Å². The number of hydrogen-bond acceptors (Lipinski definition) is 4. The summed E-state index contributed by atoms with van der Waals surface area (Å²) in [5.74, 6) is -0.371. The largest absolute Gasteiger partial charge is 0.466 e. The van der Waals surface area contributed by atoms with Crippen LogP contribution < -0.4 is 5.32 Å². The van der Waals surface area contributed by atoms with Crippen LogP contribution in [0.5, 0.6) is 0 Å². The van der Waals surface area contributed by atoms with Crippen molar-refractivity contribution in [2.24, 2.45) is 0 Å². The molecule has 0 rings (SSSR count). The fourth-order valence-corrected chi connectivity index (χ4v) is 1.08. The Balaban J connectivity index is 4.28. The highest BCUT2D eigenvalue weighted by atomic mass is 16.6. The third kappa shape index (κ3) is 8.88. The number of ether oxygens (including phenoxy) is 2. The van der Waals surface area contributed by atoms with Gasteiger partial charge in [0.25, 0.3) is 0 Å². The first-order chi connectivity index (χ1) is 8.65. The highest BCUT2D eigenvalue weighted by Crippen LogP contribution is 2.06. The van der Waals surface area contributed by atoms with Gasteiger partial charge in [0.1, 0.15) is 5.60 Å².